The third-order valence-corrected chi connectivity index (χ3v) is 3.70. The van der Waals surface area contributed by atoms with Gasteiger partial charge in [-0.15, -0.1) is 0 Å². The summed E-state index contributed by atoms with van der Waals surface area (Å²) in [6, 6.07) is 0.916. The van der Waals surface area contributed by atoms with Crippen molar-refractivity contribution < 1.29 is 0 Å². The molecule has 0 unspecified atom stereocenters. The number of rotatable bonds is 4. The molecule has 0 spiro atoms. The van der Waals surface area contributed by atoms with Gasteiger partial charge in [0.15, 0.2) is 0 Å². The lowest BCUT2D eigenvalue weighted by Gasteiger charge is -2.12. The van der Waals surface area contributed by atoms with E-state index < -0.39 is 0 Å². The van der Waals surface area contributed by atoms with Gasteiger partial charge in [0.2, 0.25) is 0 Å². The first kappa shape index (κ1) is 12.3. The summed E-state index contributed by atoms with van der Waals surface area (Å²) in [6.07, 6.45) is 7.12. The molecule has 0 amide bonds. The topological polar surface area (TPSA) is 61.7 Å². The van der Waals surface area contributed by atoms with Gasteiger partial charge in [-0.3, -0.25) is 0 Å². The lowest BCUT2D eigenvalue weighted by Crippen LogP contribution is -2.09. The molecule has 1 aliphatic carbocycles. The molecule has 0 atom stereocenters. The molecule has 2 N–H and O–H groups in total. The van der Waals surface area contributed by atoms with E-state index in [9.17, 15) is 0 Å². The smallest absolute Gasteiger partial charge is 0.133 e. The summed E-state index contributed by atoms with van der Waals surface area (Å²) in [5.41, 5.74) is 8.25. The first-order valence-electron chi connectivity index (χ1n) is 7.02. The molecule has 102 valence electrons. The Morgan fingerprint density at radius 1 is 1.42 bits per heavy atom. The Morgan fingerprint density at radius 2 is 2.16 bits per heavy atom. The summed E-state index contributed by atoms with van der Waals surface area (Å²) in [5.74, 6) is 1.81. The van der Waals surface area contributed by atoms with Crippen molar-refractivity contribution in [3.8, 4) is 11.4 Å². The predicted molar refractivity (Wildman–Crippen MR) is 75.9 cm³/mol. The molecule has 0 aliphatic heterocycles. The average Bonchev–Trinajstić information content (AvgIpc) is 3.00. The van der Waals surface area contributed by atoms with Gasteiger partial charge in [0.1, 0.15) is 17.3 Å². The molecule has 0 saturated heterocycles. The second kappa shape index (κ2) is 4.40. The number of nitrogens with zero attached hydrogens (tertiary/aromatic N) is 4. The van der Waals surface area contributed by atoms with Gasteiger partial charge >= 0.3 is 0 Å². The molecular weight excluding hydrogens is 238 g/mol. The summed E-state index contributed by atoms with van der Waals surface area (Å²) < 4.78 is 4.34. The number of nitrogen functional groups attached to an aromatic ring is 1. The van der Waals surface area contributed by atoms with E-state index in [-0.39, 0.29) is 0 Å². The van der Waals surface area contributed by atoms with Crippen LogP contribution in [0.4, 0.5) is 5.82 Å². The lowest BCUT2D eigenvalue weighted by molar-refractivity contribution is 0.579. The van der Waals surface area contributed by atoms with E-state index in [0.717, 1.165) is 29.5 Å². The Bertz CT molecular complexity index is 589. The minimum absolute atomic E-state index is 0.327. The third kappa shape index (κ3) is 1.93. The van der Waals surface area contributed by atoms with Crippen LogP contribution in [0.25, 0.3) is 11.4 Å². The fourth-order valence-electron chi connectivity index (χ4n) is 2.64. The number of anilines is 1. The zero-order valence-corrected chi connectivity index (χ0v) is 11.8. The maximum absolute atomic E-state index is 6.32. The average molecular weight is 259 g/mol. The normalized spacial score (nSPS) is 15.4. The van der Waals surface area contributed by atoms with Crippen LogP contribution < -0.4 is 5.73 Å². The van der Waals surface area contributed by atoms with Gasteiger partial charge in [0.25, 0.3) is 0 Å². The van der Waals surface area contributed by atoms with Crippen molar-refractivity contribution in [3.05, 3.63) is 18.3 Å². The van der Waals surface area contributed by atoms with Crippen LogP contribution in [0, 0.1) is 0 Å². The Balaban J connectivity index is 2.12. The van der Waals surface area contributed by atoms with Gasteiger partial charge in [-0.05, 0) is 26.7 Å². The van der Waals surface area contributed by atoms with Crippen molar-refractivity contribution >= 4 is 5.82 Å². The summed E-state index contributed by atoms with van der Waals surface area (Å²) in [7, 11) is 0. The summed E-state index contributed by atoms with van der Waals surface area (Å²) in [4.78, 5) is 9.01. The molecule has 5 heteroatoms. The Labute approximate surface area is 113 Å². The van der Waals surface area contributed by atoms with Gasteiger partial charge < -0.3 is 14.9 Å². The largest absolute Gasteiger partial charge is 0.383 e. The van der Waals surface area contributed by atoms with Gasteiger partial charge in [0.05, 0.1) is 18.2 Å². The number of aryl methyl sites for hydroxylation is 1. The number of hydrogen-bond acceptors (Lipinski definition) is 3. The zero-order chi connectivity index (χ0) is 13.6. The number of imidazole rings is 2. The first-order valence-corrected chi connectivity index (χ1v) is 7.02. The highest BCUT2D eigenvalue weighted by atomic mass is 15.2. The third-order valence-electron chi connectivity index (χ3n) is 3.70. The van der Waals surface area contributed by atoms with Gasteiger partial charge in [-0.25, -0.2) is 9.97 Å². The molecule has 5 nitrogen and oxygen atoms in total. The highest BCUT2D eigenvalue weighted by Gasteiger charge is 2.28. The molecule has 0 bridgehead atoms. The van der Waals surface area contributed by atoms with Crippen molar-refractivity contribution in [1.29, 1.82) is 0 Å². The van der Waals surface area contributed by atoms with Crippen molar-refractivity contribution in [2.24, 2.45) is 0 Å². The van der Waals surface area contributed by atoms with Crippen LogP contribution in [-0.4, -0.2) is 19.1 Å². The molecule has 0 radical (unpaired) electrons. The van der Waals surface area contributed by atoms with Gasteiger partial charge in [0, 0.05) is 18.5 Å². The quantitative estimate of drug-likeness (QED) is 0.918. The Kier molecular flexibility index (Phi) is 2.84. The fourth-order valence-corrected chi connectivity index (χ4v) is 2.64. The summed E-state index contributed by atoms with van der Waals surface area (Å²) in [5, 5.41) is 0. The molecule has 1 aliphatic rings. The second-order valence-electron chi connectivity index (χ2n) is 5.50. The molecule has 2 heterocycles. The molecule has 1 fully saturated rings. The van der Waals surface area contributed by atoms with Gasteiger partial charge in [-0.2, -0.15) is 0 Å². The van der Waals surface area contributed by atoms with Crippen LogP contribution in [0.2, 0.25) is 0 Å². The van der Waals surface area contributed by atoms with Crippen LogP contribution in [-0.2, 0) is 6.42 Å². The van der Waals surface area contributed by atoms with Crippen LogP contribution in [0.1, 0.15) is 51.5 Å². The highest BCUT2D eigenvalue weighted by molar-refractivity contribution is 5.68. The van der Waals surface area contributed by atoms with Crippen LogP contribution in [0.3, 0.4) is 0 Å². The molecule has 19 heavy (non-hydrogen) atoms. The van der Waals surface area contributed by atoms with Crippen molar-refractivity contribution in [3.63, 3.8) is 0 Å². The maximum atomic E-state index is 6.32. The van der Waals surface area contributed by atoms with E-state index in [4.69, 9.17) is 10.7 Å². The fraction of sp³-hybridized carbons (Fsp3) is 0.571. The molecule has 3 rings (SSSR count). The maximum Gasteiger partial charge on any atom is 0.133 e. The van der Waals surface area contributed by atoms with Crippen molar-refractivity contribution in [1.82, 2.24) is 19.1 Å². The van der Waals surface area contributed by atoms with Crippen LogP contribution >= 0.6 is 0 Å². The molecule has 0 aromatic carbocycles. The Morgan fingerprint density at radius 3 is 2.68 bits per heavy atom. The minimum atomic E-state index is 0.327. The van der Waals surface area contributed by atoms with Crippen LogP contribution in [0.15, 0.2) is 12.5 Å². The number of nitrogens with two attached hydrogens (primary N) is 1. The van der Waals surface area contributed by atoms with Crippen molar-refractivity contribution in [2.45, 2.75) is 52.1 Å². The molecule has 2 aromatic heterocycles. The standard InChI is InChI=1S/C14H21N5/c1-4-12-17-13(14(15)19(12)9(2)3)11-7-16-8-18(11)10-5-6-10/h7-10H,4-6,15H2,1-3H3. The number of hydrogen-bond donors (Lipinski definition) is 1. The van der Waals surface area contributed by atoms with E-state index in [0.29, 0.717) is 12.1 Å². The van der Waals surface area contributed by atoms with E-state index in [1.165, 1.54) is 12.8 Å². The summed E-state index contributed by atoms with van der Waals surface area (Å²) >= 11 is 0. The predicted octanol–water partition coefficient (Wildman–Crippen LogP) is 2.81. The van der Waals surface area contributed by atoms with Crippen molar-refractivity contribution in [2.75, 3.05) is 5.73 Å². The molecule has 1 saturated carbocycles. The first-order chi connectivity index (χ1) is 9.13. The SMILES string of the molecule is CCc1nc(-c2cncn2C2CC2)c(N)n1C(C)C. The highest BCUT2D eigenvalue weighted by Crippen LogP contribution is 2.39. The monoisotopic (exact) mass is 259 g/mol. The lowest BCUT2D eigenvalue weighted by atomic mass is 10.3. The zero-order valence-electron chi connectivity index (χ0n) is 11.8. The van der Waals surface area contributed by atoms with Crippen LogP contribution in [0.5, 0.6) is 0 Å². The summed E-state index contributed by atoms with van der Waals surface area (Å²) in [6.45, 7) is 6.39. The second-order valence-corrected chi connectivity index (χ2v) is 5.50. The molecular formula is C14H21N5. The van der Waals surface area contributed by atoms with E-state index in [1.54, 1.807) is 0 Å². The molecule has 2 aromatic rings. The van der Waals surface area contributed by atoms with E-state index in [2.05, 4.69) is 34.9 Å². The number of aromatic nitrogens is 4. The Hall–Kier alpha value is -1.78. The van der Waals surface area contributed by atoms with Gasteiger partial charge in [-0.1, -0.05) is 6.92 Å². The van der Waals surface area contributed by atoms with E-state index in [1.807, 2.05) is 12.5 Å². The minimum Gasteiger partial charge on any atom is -0.383 e. The van der Waals surface area contributed by atoms with E-state index >= 15 is 0 Å².